The summed E-state index contributed by atoms with van der Waals surface area (Å²) >= 11 is 0. The van der Waals surface area contributed by atoms with Crippen molar-refractivity contribution in [3.05, 3.63) is 12.2 Å². The Morgan fingerprint density at radius 1 is 1.60 bits per heavy atom. The molecule has 5 heteroatoms. The molecular formula is C10H17N5. The van der Waals surface area contributed by atoms with E-state index >= 15 is 0 Å². The van der Waals surface area contributed by atoms with E-state index in [9.17, 15) is 0 Å². The lowest BCUT2D eigenvalue weighted by molar-refractivity contribution is 0.209. The van der Waals surface area contributed by atoms with E-state index in [0.29, 0.717) is 12.5 Å². The van der Waals surface area contributed by atoms with Gasteiger partial charge >= 0.3 is 0 Å². The first-order valence-corrected chi connectivity index (χ1v) is 5.09. The maximum absolute atomic E-state index is 8.57. The first kappa shape index (κ1) is 11.7. The summed E-state index contributed by atoms with van der Waals surface area (Å²) in [5, 5.41) is 12.6. The van der Waals surface area contributed by atoms with Crippen LogP contribution < -0.4 is 0 Å². The number of nitriles is 1. The standard InChI is InChI=1S/C10H17N5/c1-9(2)15(6-4-5-11)7-10-12-8-13-14(10)3/h8-9H,4,6-7H2,1-3H3. The van der Waals surface area contributed by atoms with Gasteiger partial charge in [0.05, 0.1) is 12.6 Å². The molecule has 0 atom stereocenters. The lowest BCUT2D eigenvalue weighted by Gasteiger charge is -2.24. The van der Waals surface area contributed by atoms with Gasteiger partial charge in [-0.3, -0.25) is 9.58 Å². The Kier molecular flexibility index (Phi) is 4.25. The predicted octanol–water partition coefficient (Wildman–Crippen LogP) is 0.939. The molecule has 15 heavy (non-hydrogen) atoms. The molecule has 0 radical (unpaired) electrons. The van der Waals surface area contributed by atoms with Gasteiger partial charge in [-0.15, -0.1) is 0 Å². The van der Waals surface area contributed by atoms with Crippen LogP contribution in [-0.4, -0.2) is 32.3 Å². The average molecular weight is 207 g/mol. The molecule has 0 aromatic carbocycles. The monoisotopic (exact) mass is 207 g/mol. The van der Waals surface area contributed by atoms with Crippen molar-refractivity contribution in [2.24, 2.45) is 7.05 Å². The third kappa shape index (κ3) is 3.33. The molecule has 0 N–H and O–H groups in total. The van der Waals surface area contributed by atoms with Crippen molar-refractivity contribution < 1.29 is 0 Å². The zero-order valence-electron chi connectivity index (χ0n) is 9.51. The molecule has 0 aliphatic carbocycles. The highest BCUT2D eigenvalue weighted by Gasteiger charge is 2.12. The summed E-state index contributed by atoms with van der Waals surface area (Å²) < 4.78 is 1.77. The van der Waals surface area contributed by atoms with Gasteiger partial charge in [0, 0.05) is 26.1 Å². The molecule has 0 spiro atoms. The maximum Gasteiger partial charge on any atom is 0.140 e. The molecule has 0 amide bonds. The Bertz CT molecular complexity index is 336. The largest absolute Gasteiger partial charge is 0.292 e. The SMILES string of the molecule is CC(C)N(CCC#N)Cc1ncnn1C. The molecule has 0 unspecified atom stereocenters. The molecule has 0 saturated heterocycles. The van der Waals surface area contributed by atoms with E-state index in [1.165, 1.54) is 0 Å². The second-order valence-electron chi connectivity index (χ2n) is 3.77. The summed E-state index contributed by atoms with van der Waals surface area (Å²) in [5.74, 6) is 0.932. The molecule has 0 fully saturated rings. The Hall–Kier alpha value is -1.41. The van der Waals surface area contributed by atoms with Gasteiger partial charge < -0.3 is 0 Å². The van der Waals surface area contributed by atoms with Crippen molar-refractivity contribution in [1.82, 2.24) is 19.7 Å². The molecule has 1 rings (SSSR count). The van der Waals surface area contributed by atoms with Crippen molar-refractivity contribution in [1.29, 1.82) is 5.26 Å². The van der Waals surface area contributed by atoms with Crippen LogP contribution in [0.2, 0.25) is 0 Å². The van der Waals surface area contributed by atoms with Gasteiger partial charge in [0.2, 0.25) is 0 Å². The molecule has 0 aliphatic rings. The predicted molar refractivity (Wildman–Crippen MR) is 56.8 cm³/mol. The molecule has 0 aliphatic heterocycles. The first-order chi connectivity index (χ1) is 7.15. The third-order valence-corrected chi connectivity index (χ3v) is 2.39. The number of hydrogen-bond acceptors (Lipinski definition) is 4. The van der Waals surface area contributed by atoms with Crippen molar-refractivity contribution >= 4 is 0 Å². The fraction of sp³-hybridized carbons (Fsp3) is 0.700. The van der Waals surface area contributed by atoms with Crippen LogP contribution in [0.25, 0.3) is 0 Å². The molecule has 1 heterocycles. The number of aromatic nitrogens is 3. The Balaban J connectivity index is 2.59. The molecule has 0 bridgehead atoms. The van der Waals surface area contributed by atoms with Crippen LogP contribution in [0.4, 0.5) is 0 Å². The van der Waals surface area contributed by atoms with E-state index in [2.05, 4.69) is 34.9 Å². The van der Waals surface area contributed by atoms with Crippen LogP contribution in [0.15, 0.2) is 6.33 Å². The third-order valence-electron chi connectivity index (χ3n) is 2.39. The van der Waals surface area contributed by atoms with Gasteiger partial charge in [0.25, 0.3) is 0 Å². The molecule has 1 aromatic rings. The normalized spacial score (nSPS) is 10.9. The minimum absolute atomic E-state index is 0.412. The molecule has 5 nitrogen and oxygen atoms in total. The number of aryl methyl sites for hydroxylation is 1. The topological polar surface area (TPSA) is 57.7 Å². The number of nitrogens with zero attached hydrogens (tertiary/aromatic N) is 5. The van der Waals surface area contributed by atoms with E-state index in [-0.39, 0.29) is 0 Å². The van der Waals surface area contributed by atoms with Crippen LogP contribution in [0, 0.1) is 11.3 Å². The highest BCUT2D eigenvalue weighted by molar-refractivity contribution is 4.85. The van der Waals surface area contributed by atoms with Crippen molar-refractivity contribution in [2.45, 2.75) is 32.9 Å². The Labute approximate surface area is 90.3 Å². The van der Waals surface area contributed by atoms with Gasteiger partial charge in [0.15, 0.2) is 0 Å². The lowest BCUT2D eigenvalue weighted by Crippen LogP contribution is -2.32. The smallest absolute Gasteiger partial charge is 0.140 e. The minimum Gasteiger partial charge on any atom is -0.292 e. The zero-order valence-corrected chi connectivity index (χ0v) is 9.51. The second-order valence-corrected chi connectivity index (χ2v) is 3.77. The quantitative estimate of drug-likeness (QED) is 0.721. The van der Waals surface area contributed by atoms with E-state index in [0.717, 1.165) is 18.9 Å². The summed E-state index contributed by atoms with van der Waals surface area (Å²) in [4.78, 5) is 6.39. The van der Waals surface area contributed by atoms with Crippen molar-refractivity contribution in [3.8, 4) is 6.07 Å². The van der Waals surface area contributed by atoms with E-state index in [1.54, 1.807) is 11.0 Å². The summed E-state index contributed by atoms with van der Waals surface area (Å²) in [6.45, 7) is 5.76. The summed E-state index contributed by atoms with van der Waals surface area (Å²) in [7, 11) is 1.88. The van der Waals surface area contributed by atoms with Crippen LogP contribution in [-0.2, 0) is 13.6 Å². The number of rotatable bonds is 5. The lowest BCUT2D eigenvalue weighted by atomic mass is 10.3. The zero-order chi connectivity index (χ0) is 11.3. The molecule has 82 valence electrons. The van der Waals surface area contributed by atoms with Gasteiger partial charge in [-0.2, -0.15) is 10.4 Å². The summed E-state index contributed by atoms with van der Waals surface area (Å²) in [5.41, 5.74) is 0. The van der Waals surface area contributed by atoms with Crippen LogP contribution in [0.5, 0.6) is 0 Å². The van der Waals surface area contributed by atoms with Gasteiger partial charge in [-0.25, -0.2) is 4.98 Å². The van der Waals surface area contributed by atoms with E-state index in [1.807, 2.05) is 7.05 Å². The first-order valence-electron chi connectivity index (χ1n) is 5.09. The highest BCUT2D eigenvalue weighted by Crippen LogP contribution is 2.05. The van der Waals surface area contributed by atoms with Gasteiger partial charge in [-0.05, 0) is 13.8 Å². The highest BCUT2D eigenvalue weighted by atomic mass is 15.3. The molecule has 0 saturated carbocycles. The van der Waals surface area contributed by atoms with Crippen LogP contribution in [0.1, 0.15) is 26.1 Å². The van der Waals surface area contributed by atoms with Crippen LogP contribution in [0.3, 0.4) is 0 Å². The Morgan fingerprint density at radius 3 is 2.80 bits per heavy atom. The number of hydrogen-bond donors (Lipinski definition) is 0. The fourth-order valence-electron chi connectivity index (χ4n) is 1.36. The summed E-state index contributed by atoms with van der Waals surface area (Å²) in [6, 6.07) is 2.57. The van der Waals surface area contributed by atoms with E-state index < -0.39 is 0 Å². The van der Waals surface area contributed by atoms with E-state index in [4.69, 9.17) is 5.26 Å². The summed E-state index contributed by atoms with van der Waals surface area (Å²) in [6.07, 6.45) is 2.11. The van der Waals surface area contributed by atoms with Crippen molar-refractivity contribution in [3.63, 3.8) is 0 Å². The second kappa shape index (κ2) is 5.47. The fourth-order valence-corrected chi connectivity index (χ4v) is 1.36. The minimum atomic E-state index is 0.412. The van der Waals surface area contributed by atoms with Crippen molar-refractivity contribution in [2.75, 3.05) is 6.54 Å². The average Bonchev–Trinajstić information content (AvgIpc) is 2.58. The molecule has 1 aromatic heterocycles. The maximum atomic E-state index is 8.57. The Morgan fingerprint density at radius 2 is 2.33 bits per heavy atom. The van der Waals surface area contributed by atoms with Crippen LogP contribution >= 0.6 is 0 Å². The van der Waals surface area contributed by atoms with Gasteiger partial charge in [0.1, 0.15) is 12.2 Å². The van der Waals surface area contributed by atoms with Gasteiger partial charge in [-0.1, -0.05) is 0 Å². The molecular weight excluding hydrogens is 190 g/mol.